The zero-order chi connectivity index (χ0) is 14.2. The molecule has 21 heavy (non-hydrogen) atoms. The van der Waals surface area contributed by atoms with Crippen LogP contribution in [0.1, 0.15) is 24.0 Å². The number of aromatic nitrogens is 1. The lowest BCUT2D eigenvalue weighted by atomic mass is 10.1. The number of benzene rings is 1. The van der Waals surface area contributed by atoms with E-state index in [-0.39, 0.29) is 0 Å². The first-order valence-corrected chi connectivity index (χ1v) is 7.46. The van der Waals surface area contributed by atoms with E-state index in [4.69, 9.17) is 4.42 Å². The first-order chi connectivity index (χ1) is 10.3. The summed E-state index contributed by atoms with van der Waals surface area (Å²) in [6.07, 6.45) is 6.40. The van der Waals surface area contributed by atoms with Crippen molar-refractivity contribution in [2.45, 2.75) is 32.4 Å². The molecule has 3 nitrogen and oxygen atoms in total. The fraction of sp³-hybridized carbons (Fsp3) is 0.278. The summed E-state index contributed by atoms with van der Waals surface area (Å²) < 4.78 is 6.02. The Hall–Kier alpha value is -2.13. The molecule has 0 amide bonds. The van der Waals surface area contributed by atoms with Gasteiger partial charge < -0.3 is 9.73 Å². The first kappa shape index (κ1) is 12.6. The minimum Gasteiger partial charge on any atom is -0.456 e. The molecule has 0 spiro atoms. The van der Waals surface area contributed by atoms with Crippen LogP contribution in [0.4, 0.5) is 0 Å². The van der Waals surface area contributed by atoms with Gasteiger partial charge in [-0.15, -0.1) is 0 Å². The van der Waals surface area contributed by atoms with Gasteiger partial charge in [-0.25, -0.2) is 0 Å². The van der Waals surface area contributed by atoms with E-state index in [0.29, 0.717) is 6.04 Å². The van der Waals surface area contributed by atoms with E-state index in [2.05, 4.69) is 47.6 Å². The predicted octanol–water partition coefficient (Wildman–Crippen LogP) is 4.06. The van der Waals surface area contributed by atoms with Gasteiger partial charge in [0.05, 0.1) is 0 Å². The molecule has 0 saturated heterocycles. The molecule has 3 aromatic rings. The normalized spacial score (nSPS) is 14.7. The SMILES string of the molecule is Cc1cccc2cc(-c3cncc(CNC4CC4)c3)oc12. The second-order valence-electron chi connectivity index (χ2n) is 5.84. The summed E-state index contributed by atoms with van der Waals surface area (Å²) in [6.45, 7) is 2.95. The van der Waals surface area contributed by atoms with Crippen LogP contribution in [0, 0.1) is 6.92 Å². The van der Waals surface area contributed by atoms with Gasteiger partial charge >= 0.3 is 0 Å². The smallest absolute Gasteiger partial charge is 0.137 e. The molecular formula is C18H18N2O. The van der Waals surface area contributed by atoms with Crippen molar-refractivity contribution in [1.82, 2.24) is 10.3 Å². The fourth-order valence-electron chi connectivity index (χ4n) is 2.62. The summed E-state index contributed by atoms with van der Waals surface area (Å²) >= 11 is 0. The number of fused-ring (bicyclic) bond motifs is 1. The molecule has 0 unspecified atom stereocenters. The molecule has 1 N–H and O–H groups in total. The van der Waals surface area contributed by atoms with Crippen molar-refractivity contribution in [3.63, 3.8) is 0 Å². The summed E-state index contributed by atoms with van der Waals surface area (Å²) in [4.78, 5) is 4.35. The van der Waals surface area contributed by atoms with E-state index in [1.54, 1.807) is 0 Å². The number of nitrogens with zero attached hydrogens (tertiary/aromatic N) is 1. The minimum absolute atomic E-state index is 0.711. The molecule has 0 bridgehead atoms. The van der Waals surface area contributed by atoms with Gasteiger partial charge in [0, 0.05) is 35.9 Å². The molecule has 2 heterocycles. The van der Waals surface area contributed by atoms with Crippen LogP contribution in [0.5, 0.6) is 0 Å². The molecule has 1 aliphatic carbocycles. The van der Waals surface area contributed by atoms with Gasteiger partial charge in [0.25, 0.3) is 0 Å². The largest absolute Gasteiger partial charge is 0.456 e. The van der Waals surface area contributed by atoms with Gasteiger partial charge in [0.1, 0.15) is 11.3 Å². The molecule has 0 atom stereocenters. The molecule has 1 aliphatic rings. The maximum Gasteiger partial charge on any atom is 0.137 e. The van der Waals surface area contributed by atoms with Crippen molar-refractivity contribution in [3.8, 4) is 11.3 Å². The van der Waals surface area contributed by atoms with Crippen LogP contribution in [-0.2, 0) is 6.54 Å². The van der Waals surface area contributed by atoms with Gasteiger partial charge in [0.2, 0.25) is 0 Å². The zero-order valence-electron chi connectivity index (χ0n) is 12.1. The van der Waals surface area contributed by atoms with E-state index in [1.165, 1.54) is 24.0 Å². The summed E-state index contributed by atoms with van der Waals surface area (Å²) in [5, 5.41) is 4.66. The van der Waals surface area contributed by atoms with E-state index in [1.807, 2.05) is 12.4 Å². The van der Waals surface area contributed by atoms with E-state index in [0.717, 1.165) is 28.8 Å². The van der Waals surface area contributed by atoms with Gasteiger partial charge in [-0.3, -0.25) is 4.98 Å². The van der Waals surface area contributed by atoms with Crippen LogP contribution in [0.15, 0.2) is 47.1 Å². The number of rotatable bonds is 4. The molecule has 4 rings (SSSR count). The highest BCUT2D eigenvalue weighted by molar-refractivity contribution is 5.85. The van der Waals surface area contributed by atoms with Crippen molar-refractivity contribution in [2.24, 2.45) is 0 Å². The van der Waals surface area contributed by atoms with E-state index < -0.39 is 0 Å². The third kappa shape index (κ3) is 2.57. The minimum atomic E-state index is 0.711. The Labute approximate surface area is 124 Å². The lowest BCUT2D eigenvalue weighted by molar-refractivity contribution is 0.628. The van der Waals surface area contributed by atoms with Gasteiger partial charge in [-0.05, 0) is 43.0 Å². The lowest BCUT2D eigenvalue weighted by Gasteiger charge is -2.04. The third-order valence-electron chi connectivity index (χ3n) is 3.99. The van der Waals surface area contributed by atoms with Crippen molar-refractivity contribution < 1.29 is 4.42 Å². The van der Waals surface area contributed by atoms with Crippen LogP contribution in [0.2, 0.25) is 0 Å². The number of furan rings is 1. The molecule has 1 saturated carbocycles. The maximum atomic E-state index is 6.02. The molecule has 0 aliphatic heterocycles. The molecule has 1 fully saturated rings. The highest BCUT2D eigenvalue weighted by atomic mass is 16.3. The lowest BCUT2D eigenvalue weighted by Crippen LogP contribution is -2.15. The molecule has 2 aromatic heterocycles. The maximum absolute atomic E-state index is 6.02. The topological polar surface area (TPSA) is 38.1 Å². The summed E-state index contributed by atoms with van der Waals surface area (Å²) in [5.74, 6) is 0.889. The van der Waals surface area contributed by atoms with Crippen LogP contribution in [0.3, 0.4) is 0 Å². The molecule has 1 aromatic carbocycles. The first-order valence-electron chi connectivity index (χ1n) is 7.46. The quantitative estimate of drug-likeness (QED) is 0.782. The van der Waals surface area contributed by atoms with Gasteiger partial charge in [-0.1, -0.05) is 18.2 Å². The van der Waals surface area contributed by atoms with Crippen LogP contribution in [-0.4, -0.2) is 11.0 Å². The second kappa shape index (κ2) is 5.01. The Bertz CT molecular complexity index is 787. The van der Waals surface area contributed by atoms with E-state index in [9.17, 15) is 0 Å². The van der Waals surface area contributed by atoms with Crippen LogP contribution < -0.4 is 5.32 Å². The molecule has 106 valence electrons. The molecule has 0 radical (unpaired) electrons. The monoisotopic (exact) mass is 278 g/mol. The third-order valence-corrected chi connectivity index (χ3v) is 3.99. The number of pyridine rings is 1. The van der Waals surface area contributed by atoms with Crippen molar-refractivity contribution in [1.29, 1.82) is 0 Å². The second-order valence-corrected chi connectivity index (χ2v) is 5.84. The highest BCUT2D eigenvalue weighted by Crippen LogP contribution is 2.29. The Morgan fingerprint density at radius 1 is 1.24 bits per heavy atom. The summed E-state index contributed by atoms with van der Waals surface area (Å²) in [5.41, 5.74) is 4.38. The number of hydrogen-bond donors (Lipinski definition) is 1. The van der Waals surface area contributed by atoms with Crippen LogP contribution in [0.25, 0.3) is 22.3 Å². The summed E-state index contributed by atoms with van der Waals surface area (Å²) in [6, 6.07) is 11.2. The number of hydrogen-bond acceptors (Lipinski definition) is 3. The Kier molecular flexibility index (Phi) is 3.00. The molecule has 3 heteroatoms. The average Bonchev–Trinajstić information content (AvgIpc) is 3.23. The van der Waals surface area contributed by atoms with Crippen molar-refractivity contribution in [2.75, 3.05) is 0 Å². The van der Waals surface area contributed by atoms with Crippen LogP contribution >= 0.6 is 0 Å². The van der Waals surface area contributed by atoms with Crippen molar-refractivity contribution in [3.05, 3.63) is 53.9 Å². The molecular weight excluding hydrogens is 260 g/mol. The predicted molar refractivity (Wildman–Crippen MR) is 84.0 cm³/mol. The fourth-order valence-corrected chi connectivity index (χ4v) is 2.62. The van der Waals surface area contributed by atoms with Crippen molar-refractivity contribution >= 4 is 11.0 Å². The summed E-state index contributed by atoms with van der Waals surface area (Å²) in [7, 11) is 0. The van der Waals surface area contributed by atoms with Gasteiger partial charge in [0.15, 0.2) is 0 Å². The Balaban J connectivity index is 1.67. The standard InChI is InChI=1S/C18H18N2O/c1-12-3-2-4-14-8-17(21-18(12)14)15-7-13(9-19-11-15)10-20-16-5-6-16/h2-4,7-9,11,16,20H,5-6,10H2,1H3. The number of nitrogens with one attached hydrogen (secondary N) is 1. The number of aryl methyl sites for hydroxylation is 1. The number of para-hydroxylation sites is 1. The zero-order valence-corrected chi connectivity index (χ0v) is 12.1. The Morgan fingerprint density at radius 3 is 2.95 bits per heavy atom. The average molecular weight is 278 g/mol. The Morgan fingerprint density at radius 2 is 2.14 bits per heavy atom. The van der Waals surface area contributed by atoms with Gasteiger partial charge in [-0.2, -0.15) is 0 Å². The van der Waals surface area contributed by atoms with E-state index >= 15 is 0 Å². The highest BCUT2D eigenvalue weighted by Gasteiger charge is 2.20.